The van der Waals surface area contributed by atoms with E-state index in [1.165, 1.54) is 6.92 Å². The fourth-order valence-corrected chi connectivity index (χ4v) is 2.43. The van der Waals surface area contributed by atoms with Crippen molar-refractivity contribution in [3.63, 3.8) is 0 Å². The van der Waals surface area contributed by atoms with E-state index < -0.39 is 32.1 Å². The minimum absolute atomic E-state index is 0.0263. The molecule has 2 N–H and O–H groups in total. The van der Waals surface area contributed by atoms with Crippen LogP contribution in [0.3, 0.4) is 0 Å². The molecule has 0 saturated carbocycles. The lowest BCUT2D eigenvalue weighted by atomic mass is 10.2. The summed E-state index contributed by atoms with van der Waals surface area (Å²) in [5.41, 5.74) is -0.670. The molecule has 1 aromatic rings. The number of aryl methyl sites for hydroxylation is 1. The van der Waals surface area contributed by atoms with Crippen molar-refractivity contribution in [1.82, 2.24) is 4.98 Å². The first-order valence-corrected chi connectivity index (χ1v) is 5.63. The highest BCUT2D eigenvalue weighted by Crippen LogP contribution is 2.32. The Morgan fingerprint density at radius 1 is 1.53 bits per heavy atom. The lowest BCUT2D eigenvalue weighted by Gasteiger charge is -2.10. The molecule has 0 aliphatic heterocycles. The lowest BCUT2D eigenvalue weighted by Crippen LogP contribution is -2.17. The molecule has 1 rings (SSSR count). The van der Waals surface area contributed by atoms with Gasteiger partial charge in [-0.2, -0.15) is 0 Å². The quantitative estimate of drug-likeness (QED) is 0.818. The molecule has 0 radical (unpaired) electrons. The molecule has 0 bridgehead atoms. The molecular formula is C7H7ClF2N2O2S. The van der Waals surface area contributed by atoms with Crippen molar-refractivity contribution in [2.24, 2.45) is 5.14 Å². The molecule has 0 aromatic carbocycles. The molecule has 0 spiro atoms. The van der Waals surface area contributed by atoms with Crippen LogP contribution in [0.2, 0.25) is 5.15 Å². The van der Waals surface area contributed by atoms with Gasteiger partial charge in [-0.15, -0.1) is 0 Å². The molecule has 0 fully saturated rings. The van der Waals surface area contributed by atoms with Crippen LogP contribution in [0.15, 0.2) is 11.1 Å². The van der Waals surface area contributed by atoms with E-state index in [1.54, 1.807) is 0 Å². The Morgan fingerprint density at radius 3 is 2.40 bits per heavy atom. The summed E-state index contributed by atoms with van der Waals surface area (Å²) in [5.74, 6) is 0. The Balaban J connectivity index is 3.68. The van der Waals surface area contributed by atoms with Gasteiger partial charge < -0.3 is 0 Å². The molecule has 1 heterocycles. The van der Waals surface area contributed by atoms with E-state index in [0.29, 0.717) is 0 Å². The van der Waals surface area contributed by atoms with E-state index in [9.17, 15) is 17.2 Å². The Kier molecular flexibility index (Phi) is 3.27. The third-order valence-electron chi connectivity index (χ3n) is 1.73. The minimum atomic E-state index is -4.31. The van der Waals surface area contributed by atoms with Crippen LogP contribution in [-0.2, 0) is 10.0 Å². The molecular weight excluding hydrogens is 250 g/mol. The minimum Gasteiger partial charge on any atom is -0.243 e. The van der Waals surface area contributed by atoms with Crippen molar-refractivity contribution in [2.75, 3.05) is 0 Å². The van der Waals surface area contributed by atoms with Crippen LogP contribution in [0, 0.1) is 6.92 Å². The molecule has 84 valence electrons. The normalized spacial score (nSPS) is 12.1. The molecule has 0 saturated heterocycles. The van der Waals surface area contributed by atoms with Gasteiger partial charge in [0.05, 0.1) is 0 Å². The van der Waals surface area contributed by atoms with Crippen LogP contribution in [0.1, 0.15) is 17.6 Å². The molecule has 0 aliphatic rings. The summed E-state index contributed by atoms with van der Waals surface area (Å²) in [5, 5.41) is 4.24. The number of halogens is 3. The van der Waals surface area contributed by atoms with Crippen molar-refractivity contribution in [3.8, 4) is 0 Å². The third-order valence-corrected chi connectivity index (χ3v) is 3.11. The highest BCUT2D eigenvalue weighted by molar-refractivity contribution is 7.89. The van der Waals surface area contributed by atoms with Crippen molar-refractivity contribution < 1.29 is 17.2 Å². The summed E-state index contributed by atoms with van der Waals surface area (Å²) in [6.45, 7) is 1.31. The van der Waals surface area contributed by atoms with Crippen molar-refractivity contribution in [3.05, 3.63) is 22.5 Å². The topological polar surface area (TPSA) is 73.0 Å². The fraction of sp³-hybridized carbons (Fsp3) is 0.286. The molecule has 15 heavy (non-hydrogen) atoms. The monoisotopic (exact) mass is 256 g/mol. The first-order valence-electron chi connectivity index (χ1n) is 3.71. The average molecular weight is 257 g/mol. The summed E-state index contributed by atoms with van der Waals surface area (Å²) in [6, 6.07) is 0. The third kappa shape index (κ3) is 2.42. The molecule has 0 unspecified atom stereocenters. The highest BCUT2D eigenvalue weighted by Gasteiger charge is 2.26. The number of nitrogens with zero attached hydrogens (tertiary/aromatic N) is 1. The first kappa shape index (κ1) is 12.3. The summed E-state index contributed by atoms with van der Waals surface area (Å²) in [6.07, 6.45) is -1.91. The van der Waals surface area contributed by atoms with Crippen LogP contribution in [0.5, 0.6) is 0 Å². The van der Waals surface area contributed by atoms with Crippen molar-refractivity contribution in [2.45, 2.75) is 18.2 Å². The second kappa shape index (κ2) is 3.99. The van der Waals surface area contributed by atoms with Gasteiger partial charge in [-0.05, 0) is 12.5 Å². The van der Waals surface area contributed by atoms with Crippen molar-refractivity contribution >= 4 is 21.6 Å². The van der Waals surface area contributed by atoms with Gasteiger partial charge in [-0.25, -0.2) is 27.3 Å². The van der Waals surface area contributed by atoms with Crippen LogP contribution < -0.4 is 5.14 Å². The van der Waals surface area contributed by atoms with Crippen molar-refractivity contribution in [1.29, 1.82) is 0 Å². The van der Waals surface area contributed by atoms with E-state index in [-0.39, 0.29) is 5.56 Å². The molecule has 0 aliphatic carbocycles. The summed E-state index contributed by atoms with van der Waals surface area (Å²) < 4.78 is 47.3. The average Bonchev–Trinajstić information content (AvgIpc) is 2.05. The zero-order valence-corrected chi connectivity index (χ0v) is 9.11. The van der Waals surface area contributed by atoms with E-state index in [0.717, 1.165) is 6.20 Å². The van der Waals surface area contributed by atoms with Gasteiger partial charge in [0.2, 0.25) is 10.0 Å². The van der Waals surface area contributed by atoms with Gasteiger partial charge >= 0.3 is 0 Å². The highest BCUT2D eigenvalue weighted by atomic mass is 35.5. The molecule has 0 amide bonds. The lowest BCUT2D eigenvalue weighted by molar-refractivity contribution is 0.147. The van der Waals surface area contributed by atoms with Gasteiger partial charge in [0.1, 0.15) is 10.0 Å². The maximum absolute atomic E-state index is 12.6. The first-order chi connectivity index (χ1) is 6.75. The second-order valence-electron chi connectivity index (χ2n) is 2.82. The summed E-state index contributed by atoms with van der Waals surface area (Å²) in [7, 11) is -4.31. The van der Waals surface area contributed by atoms with Gasteiger partial charge in [-0.3, -0.25) is 0 Å². The van der Waals surface area contributed by atoms with E-state index in [4.69, 9.17) is 16.7 Å². The number of hydrogen-bond donors (Lipinski definition) is 1. The zero-order valence-electron chi connectivity index (χ0n) is 7.54. The van der Waals surface area contributed by atoms with Crippen LogP contribution in [0.4, 0.5) is 8.78 Å². The zero-order chi connectivity index (χ0) is 11.8. The number of primary sulfonamides is 1. The SMILES string of the molecule is Cc1cnc(Cl)c(S(N)(=O)=O)c1C(F)F. The van der Waals surface area contributed by atoms with Gasteiger partial charge in [0, 0.05) is 11.8 Å². The van der Waals surface area contributed by atoms with E-state index in [1.807, 2.05) is 0 Å². The second-order valence-corrected chi connectivity index (χ2v) is 4.68. The Bertz CT molecular complexity index is 490. The number of hydrogen-bond acceptors (Lipinski definition) is 3. The summed E-state index contributed by atoms with van der Waals surface area (Å²) in [4.78, 5) is 2.65. The molecule has 4 nitrogen and oxygen atoms in total. The number of pyridine rings is 1. The van der Waals surface area contributed by atoms with Gasteiger partial charge in [0.15, 0.2) is 0 Å². The fourth-order valence-electron chi connectivity index (χ4n) is 1.11. The number of sulfonamides is 1. The summed E-state index contributed by atoms with van der Waals surface area (Å²) >= 11 is 5.43. The molecule has 0 atom stereocenters. The Labute approximate surface area is 90.1 Å². The molecule has 8 heteroatoms. The Hall–Kier alpha value is -0.790. The van der Waals surface area contributed by atoms with Crippen LogP contribution >= 0.6 is 11.6 Å². The maximum Gasteiger partial charge on any atom is 0.265 e. The number of rotatable bonds is 2. The predicted octanol–water partition coefficient (Wildman–Crippen LogP) is 1.63. The smallest absolute Gasteiger partial charge is 0.243 e. The number of alkyl halides is 2. The maximum atomic E-state index is 12.6. The number of aromatic nitrogens is 1. The van der Waals surface area contributed by atoms with Crippen LogP contribution in [-0.4, -0.2) is 13.4 Å². The predicted molar refractivity (Wildman–Crippen MR) is 50.3 cm³/mol. The van der Waals surface area contributed by atoms with Crippen LogP contribution in [0.25, 0.3) is 0 Å². The largest absolute Gasteiger partial charge is 0.265 e. The standard InChI is InChI=1S/C7H7ClF2N2O2S/c1-3-2-12-6(8)5(15(11,13)14)4(3)7(9)10/h2,7H,1H3,(H2,11,13,14). The van der Waals surface area contributed by atoms with Gasteiger partial charge in [0.25, 0.3) is 6.43 Å². The molecule has 1 aromatic heterocycles. The number of nitrogens with two attached hydrogens (primary N) is 1. The van der Waals surface area contributed by atoms with Gasteiger partial charge in [-0.1, -0.05) is 11.6 Å². The van der Waals surface area contributed by atoms with E-state index in [2.05, 4.69) is 4.98 Å². The van der Waals surface area contributed by atoms with E-state index >= 15 is 0 Å². The Morgan fingerprint density at radius 2 is 2.07 bits per heavy atom.